The van der Waals surface area contributed by atoms with E-state index in [1.165, 1.54) is 31.9 Å². The molecule has 0 saturated heterocycles. The van der Waals surface area contributed by atoms with Crippen molar-refractivity contribution in [2.24, 2.45) is 0 Å². The van der Waals surface area contributed by atoms with Crippen LogP contribution in [0.4, 0.5) is 0 Å². The molecule has 0 aliphatic carbocycles. The van der Waals surface area contributed by atoms with E-state index in [0.717, 1.165) is 11.1 Å². The third kappa shape index (κ3) is 3.61. The number of hydrogen-bond donors (Lipinski definition) is 1. The Labute approximate surface area is 123 Å². The van der Waals surface area contributed by atoms with Crippen LogP contribution in [-0.2, 0) is 9.59 Å². The highest BCUT2D eigenvalue weighted by Gasteiger charge is 2.34. The van der Waals surface area contributed by atoms with E-state index >= 15 is 0 Å². The fourth-order valence-corrected chi connectivity index (χ4v) is 1.60. The molecule has 0 aliphatic heterocycles. The normalized spacial score (nSPS) is 11.7. The summed E-state index contributed by atoms with van der Waals surface area (Å²) in [4.78, 5) is 24.2. The van der Waals surface area contributed by atoms with Crippen molar-refractivity contribution in [2.75, 3.05) is 7.05 Å². The van der Waals surface area contributed by atoms with Gasteiger partial charge in [0, 0.05) is 18.1 Å². The predicted octanol–water partition coefficient (Wildman–Crippen LogP) is 2.98. The molecule has 0 saturated carbocycles. The van der Waals surface area contributed by atoms with E-state index in [4.69, 9.17) is 16.7 Å². The Morgan fingerprint density at radius 1 is 1.35 bits per heavy atom. The van der Waals surface area contributed by atoms with Crippen LogP contribution in [0.1, 0.15) is 25.0 Å². The van der Waals surface area contributed by atoms with E-state index in [2.05, 4.69) is 0 Å². The second kappa shape index (κ2) is 6.09. The first-order valence-electron chi connectivity index (χ1n) is 6.11. The van der Waals surface area contributed by atoms with E-state index in [0.29, 0.717) is 5.02 Å². The largest absolute Gasteiger partial charge is 0.480 e. The molecule has 4 nitrogen and oxygen atoms in total. The lowest BCUT2D eigenvalue weighted by Crippen LogP contribution is -2.50. The topological polar surface area (TPSA) is 57.6 Å². The van der Waals surface area contributed by atoms with Crippen molar-refractivity contribution >= 4 is 29.6 Å². The molecular weight excluding hydrogens is 278 g/mol. The molecule has 0 fully saturated rings. The molecule has 1 N–H and O–H groups in total. The number of aryl methyl sites for hydroxylation is 1. The van der Waals surface area contributed by atoms with E-state index < -0.39 is 11.5 Å². The van der Waals surface area contributed by atoms with Gasteiger partial charge in [0.1, 0.15) is 5.54 Å². The van der Waals surface area contributed by atoms with Crippen molar-refractivity contribution < 1.29 is 14.7 Å². The van der Waals surface area contributed by atoms with Gasteiger partial charge in [0.05, 0.1) is 0 Å². The van der Waals surface area contributed by atoms with Crippen molar-refractivity contribution in [1.82, 2.24) is 4.90 Å². The third-order valence-electron chi connectivity index (χ3n) is 3.31. The highest BCUT2D eigenvalue weighted by atomic mass is 35.5. The van der Waals surface area contributed by atoms with Crippen molar-refractivity contribution in [1.29, 1.82) is 0 Å². The molecule has 0 spiro atoms. The standard InChI is InChI=1S/C15H18ClNO3/c1-10-5-6-11(9-12(10)16)7-8-13(18)17(4)15(2,3)14(19)20/h5-9H,1-4H3,(H,19,20). The molecule has 0 aliphatic rings. The average Bonchev–Trinajstić information content (AvgIpc) is 2.38. The van der Waals surface area contributed by atoms with Gasteiger partial charge in [0.2, 0.25) is 5.91 Å². The van der Waals surface area contributed by atoms with Crippen LogP contribution in [0.3, 0.4) is 0 Å². The quantitative estimate of drug-likeness (QED) is 0.869. The van der Waals surface area contributed by atoms with Gasteiger partial charge in [-0.2, -0.15) is 0 Å². The highest BCUT2D eigenvalue weighted by Crippen LogP contribution is 2.18. The lowest BCUT2D eigenvalue weighted by Gasteiger charge is -2.30. The number of carboxylic acid groups (broad SMARTS) is 1. The molecule has 1 amide bonds. The van der Waals surface area contributed by atoms with Crippen LogP contribution in [0, 0.1) is 6.92 Å². The summed E-state index contributed by atoms with van der Waals surface area (Å²) in [6.45, 7) is 4.85. The first-order chi connectivity index (χ1) is 9.16. The van der Waals surface area contributed by atoms with Gasteiger partial charge in [-0.1, -0.05) is 23.7 Å². The molecule has 108 valence electrons. The molecule has 1 aromatic rings. The summed E-state index contributed by atoms with van der Waals surface area (Å²) >= 11 is 6.00. The molecule has 0 aromatic heterocycles. The van der Waals surface area contributed by atoms with E-state index in [1.807, 2.05) is 19.1 Å². The molecule has 0 heterocycles. The Balaban J connectivity index is 2.87. The second-order valence-corrected chi connectivity index (χ2v) is 5.51. The number of aliphatic carboxylic acids is 1. The number of nitrogens with zero attached hydrogens (tertiary/aromatic N) is 1. The van der Waals surface area contributed by atoms with Crippen LogP contribution >= 0.6 is 11.6 Å². The number of carbonyl (C=O) groups is 2. The van der Waals surface area contributed by atoms with Crippen molar-refractivity contribution in [3.8, 4) is 0 Å². The van der Waals surface area contributed by atoms with Crippen LogP contribution in [-0.4, -0.2) is 34.5 Å². The Morgan fingerprint density at radius 2 is 1.95 bits per heavy atom. The predicted molar refractivity (Wildman–Crippen MR) is 79.7 cm³/mol. The van der Waals surface area contributed by atoms with Crippen LogP contribution in [0.2, 0.25) is 5.02 Å². The van der Waals surface area contributed by atoms with Gasteiger partial charge in [-0.15, -0.1) is 0 Å². The second-order valence-electron chi connectivity index (χ2n) is 5.10. The summed E-state index contributed by atoms with van der Waals surface area (Å²) in [5, 5.41) is 9.70. The minimum Gasteiger partial charge on any atom is -0.480 e. The molecule has 5 heteroatoms. The maximum Gasteiger partial charge on any atom is 0.329 e. The Morgan fingerprint density at radius 3 is 2.45 bits per heavy atom. The number of rotatable bonds is 4. The fourth-order valence-electron chi connectivity index (χ4n) is 1.41. The van der Waals surface area contributed by atoms with Crippen LogP contribution in [0.15, 0.2) is 24.3 Å². The molecule has 1 rings (SSSR count). The Hall–Kier alpha value is -1.81. The molecule has 0 unspecified atom stereocenters. The average molecular weight is 296 g/mol. The molecule has 20 heavy (non-hydrogen) atoms. The van der Waals surface area contributed by atoms with Gasteiger partial charge in [0.15, 0.2) is 0 Å². The summed E-state index contributed by atoms with van der Waals surface area (Å²) in [6.07, 6.45) is 2.95. The monoisotopic (exact) mass is 295 g/mol. The van der Waals surface area contributed by atoms with Crippen LogP contribution in [0.25, 0.3) is 6.08 Å². The summed E-state index contributed by atoms with van der Waals surface area (Å²) in [6, 6.07) is 5.45. The van der Waals surface area contributed by atoms with Crippen molar-refractivity contribution in [3.63, 3.8) is 0 Å². The number of carbonyl (C=O) groups excluding carboxylic acids is 1. The zero-order valence-electron chi connectivity index (χ0n) is 12.0. The summed E-state index contributed by atoms with van der Waals surface area (Å²) in [5.74, 6) is -1.44. The number of hydrogen-bond acceptors (Lipinski definition) is 2. The minimum atomic E-state index is -1.26. The van der Waals surface area contributed by atoms with Gasteiger partial charge in [0.25, 0.3) is 0 Å². The Kier molecular flexibility index (Phi) is 4.95. The zero-order chi connectivity index (χ0) is 15.5. The summed E-state index contributed by atoms with van der Waals surface area (Å²) in [7, 11) is 1.46. The van der Waals surface area contributed by atoms with Gasteiger partial charge in [-0.05, 0) is 44.0 Å². The minimum absolute atomic E-state index is 0.380. The van der Waals surface area contributed by atoms with Gasteiger partial charge in [-0.3, -0.25) is 4.79 Å². The molecule has 0 radical (unpaired) electrons. The SMILES string of the molecule is Cc1ccc(C=CC(=O)N(C)C(C)(C)C(=O)O)cc1Cl. The maximum atomic E-state index is 12.0. The number of halogens is 1. The lowest BCUT2D eigenvalue weighted by atomic mass is 10.0. The number of carboxylic acids is 1. The molecular formula is C15H18ClNO3. The number of benzene rings is 1. The molecule has 0 bridgehead atoms. The van der Waals surface area contributed by atoms with Crippen molar-refractivity contribution in [3.05, 3.63) is 40.4 Å². The highest BCUT2D eigenvalue weighted by molar-refractivity contribution is 6.31. The molecule has 1 aromatic carbocycles. The fraction of sp³-hybridized carbons (Fsp3) is 0.333. The zero-order valence-corrected chi connectivity index (χ0v) is 12.7. The Bertz CT molecular complexity index is 564. The van der Waals surface area contributed by atoms with E-state index in [1.54, 1.807) is 12.1 Å². The summed E-state index contributed by atoms with van der Waals surface area (Å²) < 4.78 is 0. The maximum absolute atomic E-state index is 12.0. The number of likely N-dealkylation sites (N-methyl/N-ethyl adjacent to an activating group) is 1. The van der Waals surface area contributed by atoms with E-state index in [-0.39, 0.29) is 5.91 Å². The van der Waals surface area contributed by atoms with Gasteiger partial charge in [-0.25, -0.2) is 4.79 Å². The summed E-state index contributed by atoms with van der Waals surface area (Å²) in [5.41, 5.74) is 0.488. The van der Waals surface area contributed by atoms with Crippen LogP contribution in [0.5, 0.6) is 0 Å². The van der Waals surface area contributed by atoms with E-state index in [9.17, 15) is 9.59 Å². The van der Waals surface area contributed by atoms with Gasteiger partial charge >= 0.3 is 5.97 Å². The first kappa shape index (κ1) is 16.2. The smallest absolute Gasteiger partial charge is 0.329 e. The van der Waals surface area contributed by atoms with Crippen molar-refractivity contribution in [2.45, 2.75) is 26.3 Å². The number of amides is 1. The first-order valence-corrected chi connectivity index (χ1v) is 6.49. The van der Waals surface area contributed by atoms with Crippen LogP contribution < -0.4 is 0 Å². The van der Waals surface area contributed by atoms with Gasteiger partial charge < -0.3 is 10.0 Å². The third-order valence-corrected chi connectivity index (χ3v) is 3.71. The molecule has 0 atom stereocenters. The lowest BCUT2D eigenvalue weighted by molar-refractivity contribution is -0.153.